The van der Waals surface area contributed by atoms with E-state index in [9.17, 15) is 0 Å². The highest BCUT2D eigenvalue weighted by Crippen LogP contribution is 2.22. The van der Waals surface area contributed by atoms with Gasteiger partial charge in [0.1, 0.15) is 6.33 Å². The molecule has 0 bridgehead atoms. The first kappa shape index (κ1) is 11.4. The standard InChI is InChI=1S/C10H15BrN2O/c1-10(2,3)4-5-14-9-8(11)6-12-7-13-9/h6-7H,4-5H2,1-3H3. The average molecular weight is 259 g/mol. The van der Waals surface area contributed by atoms with E-state index in [-0.39, 0.29) is 0 Å². The summed E-state index contributed by atoms with van der Waals surface area (Å²) in [5.41, 5.74) is 0.291. The van der Waals surface area contributed by atoms with Gasteiger partial charge in [-0.3, -0.25) is 0 Å². The molecular formula is C10H15BrN2O. The maximum absolute atomic E-state index is 5.51. The highest BCUT2D eigenvalue weighted by atomic mass is 79.9. The van der Waals surface area contributed by atoms with Gasteiger partial charge in [-0.25, -0.2) is 9.97 Å². The van der Waals surface area contributed by atoms with E-state index in [0.717, 1.165) is 10.9 Å². The topological polar surface area (TPSA) is 35.0 Å². The van der Waals surface area contributed by atoms with Gasteiger partial charge in [0.25, 0.3) is 0 Å². The first-order valence-electron chi connectivity index (χ1n) is 4.57. The molecule has 78 valence electrons. The molecule has 0 amide bonds. The monoisotopic (exact) mass is 258 g/mol. The number of hydrogen-bond acceptors (Lipinski definition) is 3. The molecule has 0 radical (unpaired) electrons. The van der Waals surface area contributed by atoms with Crippen LogP contribution >= 0.6 is 15.9 Å². The van der Waals surface area contributed by atoms with E-state index >= 15 is 0 Å². The van der Waals surface area contributed by atoms with Crippen LogP contribution in [0, 0.1) is 5.41 Å². The molecular weight excluding hydrogens is 244 g/mol. The number of halogens is 1. The smallest absolute Gasteiger partial charge is 0.231 e. The van der Waals surface area contributed by atoms with Crippen molar-refractivity contribution in [2.75, 3.05) is 6.61 Å². The van der Waals surface area contributed by atoms with Gasteiger partial charge in [-0.2, -0.15) is 0 Å². The summed E-state index contributed by atoms with van der Waals surface area (Å²) >= 11 is 3.33. The van der Waals surface area contributed by atoms with Crippen LogP contribution in [0.25, 0.3) is 0 Å². The maximum atomic E-state index is 5.51. The van der Waals surface area contributed by atoms with Gasteiger partial charge in [-0.1, -0.05) is 20.8 Å². The van der Waals surface area contributed by atoms with Crippen LogP contribution in [0.3, 0.4) is 0 Å². The van der Waals surface area contributed by atoms with E-state index in [1.807, 2.05) is 0 Å². The Hall–Kier alpha value is -0.640. The Balaban J connectivity index is 2.43. The van der Waals surface area contributed by atoms with Crippen molar-refractivity contribution in [3.05, 3.63) is 17.0 Å². The van der Waals surface area contributed by atoms with Crippen LogP contribution in [-0.2, 0) is 0 Å². The molecule has 4 heteroatoms. The number of rotatable bonds is 3. The molecule has 1 aromatic rings. The second-order valence-corrected chi connectivity index (χ2v) is 5.19. The molecule has 1 aromatic heterocycles. The van der Waals surface area contributed by atoms with Gasteiger partial charge in [-0.05, 0) is 27.8 Å². The predicted octanol–water partition coefficient (Wildman–Crippen LogP) is 3.05. The van der Waals surface area contributed by atoms with Crippen molar-refractivity contribution < 1.29 is 4.74 Å². The molecule has 0 atom stereocenters. The number of nitrogens with zero attached hydrogens (tertiary/aromatic N) is 2. The Labute approximate surface area is 93.0 Å². The Morgan fingerprint density at radius 2 is 2.14 bits per heavy atom. The summed E-state index contributed by atoms with van der Waals surface area (Å²) in [5.74, 6) is 0.615. The zero-order valence-electron chi connectivity index (χ0n) is 8.75. The third-order valence-corrected chi connectivity index (χ3v) is 2.27. The zero-order valence-corrected chi connectivity index (χ0v) is 10.3. The van der Waals surface area contributed by atoms with Crippen molar-refractivity contribution >= 4 is 15.9 Å². The van der Waals surface area contributed by atoms with Crippen molar-refractivity contribution in [3.63, 3.8) is 0 Å². The summed E-state index contributed by atoms with van der Waals surface area (Å²) in [6, 6.07) is 0. The van der Waals surface area contributed by atoms with Crippen molar-refractivity contribution in [3.8, 4) is 5.88 Å². The molecule has 1 heterocycles. The molecule has 0 saturated heterocycles. The Kier molecular flexibility index (Phi) is 3.86. The molecule has 0 aliphatic rings. The molecule has 0 saturated carbocycles. The third-order valence-electron chi connectivity index (χ3n) is 1.72. The van der Waals surface area contributed by atoms with Gasteiger partial charge in [-0.15, -0.1) is 0 Å². The van der Waals surface area contributed by atoms with E-state index in [1.54, 1.807) is 6.20 Å². The number of hydrogen-bond donors (Lipinski definition) is 0. The summed E-state index contributed by atoms with van der Waals surface area (Å²) in [6.07, 6.45) is 4.17. The average Bonchev–Trinajstić information content (AvgIpc) is 2.06. The molecule has 3 nitrogen and oxygen atoms in total. The summed E-state index contributed by atoms with van der Waals surface area (Å²) < 4.78 is 6.31. The minimum Gasteiger partial charge on any atom is -0.477 e. The van der Waals surface area contributed by atoms with Crippen LogP contribution in [0.4, 0.5) is 0 Å². The highest BCUT2D eigenvalue weighted by molar-refractivity contribution is 9.10. The van der Waals surface area contributed by atoms with Crippen LogP contribution in [0.1, 0.15) is 27.2 Å². The molecule has 0 unspecified atom stereocenters. The van der Waals surface area contributed by atoms with E-state index < -0.39 is 0 Å². The first-order valence-corrected chi connectivity index (χ1v) is 5.37. The van der Waals surface area contributed by atoms with E-state index in [0.29, 0.717) is 17.9 Å². The lowest BCUT2D eigenvalue weighted by molar-refractivity contribution is 0.235. The molecule has 1 rings (SSSR count). The highest BCUT2D eigenvalue weighted by Gasteiger charge is 2.10. The molecule has 0 N–H and O–H groups in total. The normalized spacial score (nSPS) is 11.4. The van der Waals surface area contributed by atoms with Crippen molar-refractivity contribution in [2.45, 2.75) is 27.2 Å². The van der Waals surface area contributed by atoms with E-state index in [1.165, 1.54) is 6.33 Å². The minimum absolute atomic E-state index is 0.291. The lowest BCUT2D eigenvalue weighted by Gasteiger charge is -2.17. The van der Waals surface area contributed by atoms with Gasteiger partial charge in [0.05, 0.1) is 11.1 Å². The Bertz CT molecular complexity index is 296. The molecule has 0 aliphatic carbocycles. The minimum atomic E-state index is 0.291. The molecule has 0 aliphatic heterocycles. The second kappa shape index (κ2) is 4.73. The van der Waals surface area contributed by atoms with E-state index in [2.05, 4.69) is 46.7 Å². The van der Waals surface area contributed by atoms with Crippen LogP contribution in [-0.4, -0.2) is 16.6 Å². The lowest BCUT2D eigenvalue weighted by atomic mass is 9.93. The summed E-state index contributed by atoms with van der Waals surface area (Å²) in [7, 11) is 0. The quantitative estimate of drug-likeness (QED) is 0.836. The lowest BCUT2D eigenvalue weighted by Crippen LogP contribution is -2.11. The van der Waals surface area contributed by atoms with Crippen molar-refractivity contribution in [2.24, 2.45) is 5.41 Å². The Morgan fingerprint density at radius 3 is 2.71 bits per heavy atom. The molecule has 0 aromatic carbocycles. The zero-order chi connectivity index (χ0) is 10.6. The third kappa shape index (κ3) is 4.05. The summed E-state index contributed by atoms with van der Waals surface area (Å²) in [4.78, 5) is 7.88. The number of ether oxygens (including phenoxy) is 1. The summed E-state index contributed by atoms with van der Waals surface area (Å²) in [6.45, 7) is 7.24. The van der Waals surface area contributed by atoms with Crippen LogP contribution in [0.15, 0.2) is 17.0 Å². The second-order valence-electron chi connectivity index (χ2n) is 4.33. The predicted molar refractivity (Wildman–Crippen MR) is 59.3 cm³/mol. The van der Waals surface area contributed by atoms with Gasteiger partial charge in [0.15, 0.2) is 0 Å². The van der Waals surface area contributed by atoms with Gasteiger partial charge < -0.3 is 4.74 Å². The van der Waals surface area contributed by atoms with Crippen molar-refractivity contribution in [1.29, 1.82) is 0 Å². The van der Waals surface area contributed by atoms with E-state index in [4.69, 9.17) is 4.74 Å². The SMILES string of the molecule is CC(C)(C)CCOc1ncncc1Br. The number of aromatic nitrogens is 2. The van der Waals surface area contributed by atoms with Gasteiger partial charge in [0.2, 0.25) is 5.88 Å². The molecule has 14 heavy (non-hydrogen) atoms. The van der Waals surface area contributed by atoms with Crippen LogP contribution in [0.2, 0.25) is 0 Å². The van der Waals surface area contributed by atoms with Crippen LogP contribution in [0.5, 0.6) is 5.88 Å². The van der Waals surface area contributed by atoms with Crippen LogP contribution < -0.4 is 4.74 Å². The fourth-order valence-corrected chi connectivity index (χ4v) is 1.20. The van der Waals surface area contributed by atoms with Gasteiger partial charge >= 0.3 is 0 Å². The first-order chi connectivity index (χ1) is 6.49. The van der Waals surface area contributed by atoms with Crippen molar-refractivity contribution in [1.82, 2.24) is 9.97 Å². The van der Waals surface area contributed by atoms with Gasteiger partial charge in [0, 0.05) is 6.20 Å². The fraction of sp³-hybridized carbons (Fsp3) is 0.600. The largest absolute Gasteiger partial charge is 0.477 e. The maximum Gasteiger partial charge on any atom is 0.231 e. The fourth-order valence-electron chi connectivity index (χ4n) is 0.862. The molecule has 0 fully saturated rings. The Morgan fingerprint density at radius 1 is 1.43 bits per heavy atom. The molecule has 0 spiro atoms. The summed E-state index contributed by atoms with van der Waals surface area (Å²) in [5, 5.41) is 0.